The molecule has 7 nitrogen and oxygen atoms in total. The molecule has 1 saturated carbocycles. The minimum Gasteiger partial charge on any atom is -0.419 e. The summed E-state index contributed by atoms with van der Waals surface area (Å²) in [5, 5.41) is 11.5. The molecule has 29 heavy (non-hydrogen) atoms. The van der Waals surface area contributed by atoms with Crippen LogP contribution in [-0.2, 0) is 0 Å². The van der Waals surface area contributed by atoms with Crippen LogP contribution in [-0.4, -0.2) is 32.6 Å². The van der Waals surface area contributed by atoms with Crippen LogP contribution in [0.2, 0.25) is 0 Å². The molecule has 150 valence electrons. The van der Waals surface area contributed by atoms with Crippen LogP contribution in [0.15, 0.2) is 41.1 Å². The molecule has 7 heteroatoms. The van der Waals surface area contributed by atoms with Gasteiger partial charge < -0.3 is 9.73 Å². The average molecular weight is 391 g/mol. The summed E-state index contributed by atoms with van der Waals surface area (Å²) in [6.45, 7) is 4.55. The van der Waals surface area contributed by atoms with Crippen molar-refractivity contribution in [2.75, 3.05) is 6.54 Å². The van der Waals surface area contributed by atoms with Gasteiger partial charge in [-0.3, -0.25) is 9.78 Å². The maximum atomic E-state index is 12.4. The lowest BCUT2D eigenvalue weighted by atomic mass is 9.82. The Morgan fingerprint density at radius 3 is 2.59 bits per heavy atom. The monoisotopic (exact) mass is 391 g/mol. The highest BCUT2D eigenvalue weighted by Crippen LogP contribution is 2.35. The minimum atomic E-state index is 0.00553. The van der Waals surface area contributed by atoms with Crippen molar-refractivity contribution in [3.63, 3.8) is 0 Å². The molecular weight excluding hydrogens is 366 g/mol. The number of nitrogens with one attached hydrogen (secondary N) is 1. The molecule has 1 aliphatic carbocycles. The van der Waals surface area contributed by atoms with Gasteiger partial charge in [-0.15, -0.1) is 10.2 Å². The van der Waals surface area contributed by atoms with Gasteiger partial charge in [0.05, 0.1) is 11.9 Å². The number of hydrogen-bond donors (Lipinski definition) is 1. The molecule has 1 N–H and O–H groups in total. The van der Waals surface area contributed by atoms with Gasteiger partial charge in [0.25, 0.3) is 11.8 Å². The molecule has 0 radical (unpaired) electrons. The van der Waals surface area contributed by atoms with Crippen LogP contribution in [0.5, 0.6) is 0 Å². The Kier molecular flexibility index (Phi) is 5.64. The molecule has 1 amide bonds. The van der Waals surface area contributed by atoms with Crippen LogP contribution < -0.4 is 5.32 Å². The number of aryl methyl sites for hydroxylation is 2. The molecule has 1 aliphatic rings. The van der Waals surface area contributed by atoms with E-state index >= 15 is 0 Å². The Hall–Kier alpha value is -3.09. The smallest absolute Gasteiger partial charge is 0.267 e. The maximum Gasteiger partial charge on any atom is 0.267 e. The molecule has 0 bridgehead atoms. The van der Waals surface area contributed by atoms with E-state index in [4.69, 9.17) is 4.42 Å². The molecule has 0 saturated heterocycles. The fraction of sp³-hybridized carbons (Fsp3) is 0.409. The van der Waals surface area contributed by atoms with Crippen molar-refractivity contribution in [2.45, 2.75) is 45.4 Å². The molecule has 0 aliphatic heterocycles. The largest absolute Gasteiger partial charge is 0.419 e. The molecule has 1 fully saturated rings. The second-order valence-corrected chi connectivity index (χ2v) is 7.73. The first kappa shape index (κ1) is 19.2. The van der Waals surface area contributed by atoms with Crippen LogP contribution in [0.4, 0.5) is 0 Å². The van der Waals surface area contributed by atoms with Crippen molar-refractivity contribution < 1.29 is 9.21 Å². The number of carbonyl (C=O) groups excluding carboxylic acids is 1. The van der Waals surface area contributed by atoms with Crippen LogP contribution >= 0.6 is 0 Å². The van der Waals surface area contributed by atoms with E-state index in [9.17, 15) is 4.79 Å². The first-order chi connectivity index (χ1) is 14.1. The number of amides is 1. The zero-order valence-corrected chi connectivity index (χ0v) is 16.8. The van der Waals surface area contributed by atoms with Crippen LogP contribution in [0, 0.1) is 19.8 Å². The summed E-state index contributed by atoms with van der Waals surface area (Å²) in [5.74, 6) is 1.83. The second kappa shape index (κ2) is 8.51. The predicted molar refractivity (Wildman–Crippen MR) is 108 cm³/mol. The van der Waals surface area contributed by atoms with Crippen LogP contribution in [0.25, 0.3) is 11.6 Å². The molecule has 0 atom stereocenters. The average Bonchev–Trinajstić information content (AvgIpc) is 3.23. The predicted octanol–water partition coefficient (Wildman–Crippen LogP) is 3.85. The summed E-state index contributed by atoms with van der Waals surface area (Å²) in [6, 6.07) is 7.67. The van der Waals surface area contributed by atoms with Crippen molar-refractivity contribution in [3.05, 3.63) is 59.4 Å². The fourth-order valence-electron chi connectivity index (χ4n) is 3.78. The topological polar surface area (TPSA) is 93.8 Å². The Morgan fingerprint density at radius 2 is 1.86 bits per heavy atom. The first-order valence-corrected chi connectivity index (χ1v) is 10.1. The van der Waals surface area contributed by atoms with E-state index in [-0.39, 0.29) is 11.8 Å². The first-order valence-electron chi connectivity index (χ1n) is 10.1. The number of rotatable bonds is 5. The normalized spacial score (nSPS) is 19.1. The van der Waals surface area contributed by atoms with Crippen LogP contribution in [0.3, 0.4) is 0 Å². The maximum absolute atomic E-state index is 12.4. The van der Waals surface area contributed by atoms with Gasteiger partial charge in [-0.2, -0.15) is 0 Å². The van der Waals surface area contributed by atoms with E-state index in [0.29, 0.717) is 29.9 Å². The third-order valence-corrected chi connectivity index (χ3v) is 5.58. The minimum absolute atomic E-state index is 0.00553. The third kappa shape index (κ3) is 4.50. The summed E-state index contributed by atoms with van der Waals surface area (Å²) in [7, 11) is 0. The summed E-state index contributed by atoms with van der Waals surface area (Å²) >= 11 is 0. The highest BCUT2D eigenvalue weighted by Gasteiger charge is 2.27. The molecule has 4 rings (SSSR count). The van der Waals surface area contributed by atoms with Gasteiger partial charge in [-0.1, -0.05) is 18.2 Å². The number of carbonyl (C=O) groups is 1. The van der Waals surface area contributed by atoms with Gasteiger partial charge in [-0.05, 0) is 57.1 Å². The Bertz CT molecular complexity index is 975. The number of nitrogens with zero attached hydrogens (tertiary/aromatic N) is 4. The highest BCUT2D eigenvalue weighted by atomic mass is 16.4. The molecular formula is C22H25N5O2. The van der Waals surface area contributed by atoms with Crippen LogP contribution in [0.1, 0.15) is 59.1 Å². The van der Waals surface area contributed by atoms with Gasteiger partial charge >= 0.3 is 0 Å². The summed E-state index contributed by atoms with van der Waals surface area (Å²) in [6.07, 6.45) is 7.36. The number of benzene rings is 1. The van der Waals surface area contributed by atoms with E-state index in [0.717, 1.165) is 42.5 Å². The second-order valence-electron chi connectivity index (χ2n) is 7.73. The lowest BCUT2D eigenvalue weighted by Gasteiger charge is -2.26. The highest BCUT2D eigenvalue weighted by molar-refractivity contribution is 5.95. The Labute approximate surface area is 170 Å². The van der Waals surface area contributed by atoms with Crippen molar-refractivity contribution in [3.8, 4) is 11.6 Å². The molecule has 2 aromatic heterocycles. The van der Waals surface area contributed by atoms with E-state index in [1.807, 2.05) is 38.1 Å². The van der Waals surface area contributed by atoms with Gasteiger partial charge in [0.2, 0.25) is 5.89 Å². The quantitative estimate of drug-likeness (QED) is 0.710. The zero-order valence-electron chi connectivity index (χ0n) is 16.8. The Morgan fingerprint density at radius 1 is 1.07 bits per heavy atom. The Balaban J connectivity index is 1.29. The van der Waals surface area contributed by atoms with Gasteiger partial charge in [0.15, 0.2) is 0 Å². The number of hydrogen-bond acceptors (Lipinski definition) is 6. The third-order valence-electron chi connectivity index (χ3n) is 5.58. The van der Waals surface area contributed by atoms with Gasteiger partial charge in [0.1, 0.15) is 5.69 Å². The van der Waals surface area contributed by atoms with Crippen molar-refractivity contribution >= 4 is 5.91 Å². The van der Waals surface area contributed by atoms with E-state index in [1.165, 1.54) is 0 Å². The van der Waals surface area contributed by atoms with E-state index < -0.39 is 0 Å². The van der Waals surface area contributed by atoms with Crippen molar-refractivity contribution in [1.29, 1.82) is 0 Å². The standard InChI is InChI=1S/C22H25N5O2/c1-14-5-3-4-6-18(14)20(28)25-12-16-7-9-17(10-8-16)21-26-27-22(29-21)19-13-23-15(2)11-24-19/h3-6,11,13,16-17H,7-10,12H2,1-2H3,(H,25,28). The van der Waals surface area contributed by atoms with Crippen molar-refractivity contribution in [1.82, 2.24) is 25.5 Å². The van der Waals surface area contributed by atoms with Gasteiger partial charge in [-0.25, -0.2) is 4.98 Å². The van der Waals surface area contributed by atoms with E-state index in [1.54, 1.807) is 12.4 Å². The van der Waals surface area contributed by atoms with Crippen molar-refractivity contribution in [2.24, 2.45) is 5.92 Å². The molecule has 2 heterocycles. The molecule has 3 aromatic rings. The fourth-order valence-corrected chi connectivity index (χ4v) is 3.78. The van der Waals surface area contributed by atoms with Gasteiger partial charge in [0, 0.05) is 24.2 Å². The lowest BCUT2D eigenvalue weighted by molar-refractivity contribution is 0.0941. The molecule has 0 spiro atoms. The summed E-state index contributed by atoms with van der Waals surface area (Å²) in [5.41, 5.74) is 3.20. The number of aromatic nitrogens is 4. The molecule has 0 unspecified atom stereocenters. The SMILES string of the molecule is Cc1cnc(-c2nnc(C3CCC(CNC(=O)c4ccccc4C)CC3)o2)cn1. The summed E-state index contributed by atoms with van der Waals surface area (Å²) in [4.78, 5) is 20.9. The molecule has 1 aromatic carbocycles. The zero-order chi connectivity index (χ0) is 20.2. The summed E-state index contributed by atoms with van der Waals surface area (Å²) < 4.78 is 5.86. The van der Waals surface area contributed by atoms with E-state index in [2.05, 4.69) is 25.5 Å². The lowest BCUT2D eigenvalue weighted by Crippen LogP contribution is -2.31.